The number of hydrogen-bond donors (Lipinski definition) is 1. The van der Waals surface area contributed by atoms with E-state index in [4.69, 9.17) is 5.73 Å². The van der Waals surface area contributed by atoms with E-state index in [1.807, 2.05) is 38.1 Å². The van der Waals surface area contributed by atoms with Crippen molar-refractivity contribution >= 4 is 15.9 Å². The highest BCUT2D eigenvalue weighted by atomic mass is 79.9. The van der Waals surface area contributed by atoms with Crippen LogP contribution < -0.4 is 5.73 Å². The third kappa shape index (κ3) is 3.43. The normalized spacial score (nSPS) is 14.2. The van der Waals surface area contributed by atoms with Crippen LogP contribution in [0.1, 0.15) is 23.6 Å². The molecule has 0 aliphatic carbocycles. The number of nitrogens with two attached hydrogens (primary N) is 1. The maximum atomic E-state index is 13.9. The van der Waals surface area contributed by atoms with Crippen LogP contribution in [0.25, 0.3) is 0 Å². The molecule has 2 aromatic carbocycles. The fourth-order valence-corrected chi connectivity index (χ4v) is 2.50. The Labute approximate surface area is 121 Å². The summed E-state index contributed by atoms with van der Waals surface area (Å²) >= 11 is 3.26. The molecule has 2 rings (SSSR count). The molecular formula is C16H17BrFN. The molecule has 0 aliphatic heterocycles. The molecule has 0 fully saturated rings. The molecule has 19 heavy (non-hydrogen) atoms. The zero-order chi connectivity index (χ0) is 14.0. The van der Waals surface area contributed by atoms with Crippen molar-refractivity contribution in [3.8, 4) is 0 Å². The SMILES string of the molecule is Cc1cccc(C(C)(N)Cc2ccc(Br)cc2F)c1. The van der Waals surface area contributed by atoms with Gasteiger partial charge in [0.2, 0.25) is 0 Å². The second-order valence-electron chi connectivity index (χ2n) is 5.20. The second kappa shape index (κ2) is 5.43. The molecule has 0 radical (unpaired) electrons. The van der Waals surface area contributed by atoms with Gasteiger partial charge in [-0.3, -0.25) is 0 Å². The van der Waals surface area contributed by atoms with Crippen molar-refractivity contribution in [1.29, 1.82) is 0 Å². The van der Waals surface area contributed by atoms with E-state index >= 15 is 0 Å². The van der Waals surface area contributed by atoms with Crippen LogP contribution in [0.2, 0.25) is 0 Å². The lowest BCUT2D eigenvalue weighted by atomic mass is 9.86. The molecule has 0 aliphatic rings. The van der Waals surface area contributed by atoms with Gasteiger partial charge in [-0.15, -0.1) is 0 Å². The van der Waals surface area contributed by atoms with E-state index in [9.17, 15) is 4.39 Å². The summed E-state index contributed by atoms with van der Waals surface area (Å²) in [6.45, 7) is 3.96. The van der Waals surface area contributed by atoms with Gasteiger partial charge in [-0.25, -0.2) is 4.39 Å². The van der Waals surface area contributed by atoms with Crippen molar-refractivity contribution in [2.24, 2.45) is 5.73 Å². The molecular weight excluding hydrogens is 305 g/mol. The third-order valence-corrected chi connectivity index (χ3v) is 3.74. The quantitative estimate of drug-likeness (QED) is 0.895. The Bertz CT molecular complexity index is 593. The summed E-state index contributed by atoms with van der Waals surface area (Å²) in [7, 11) is 0. The predicted molar refractivity (Wildman–Crippen MR) is 80.5 cm³/mol. The third-order valence-electron chi connectivity index (χ3n) is 3.25. The summed E-state index contributed by atoms with van der Waals surface area (Å²) in [5.41, 5.74) is 8.60. The number of benzene rings is 2. The van der Waals surface area contributed by atoms with Gasteiger partial charge in [0.05, 0.1) is 0 Å². The van der Waals surface area contributed by atoms with Crippen LogP contribution in [0.4, 0.5) is 4.39 Å². The first-order valence-electron chi connectivity index (χ1n) is 6.18. The van der Waals surface area contributed by atoms with Gasteiger partial charge in [0.1, 0.15) is 5.82 Å². The molecule has 3 heteroatoms. The Kier molecular flexibility index (Phi) is 4.07. The molecule has 0 aromatic heterocycles. The molecule has 0 saturated carbocycles. The fraction of sp³-hybridized carbons (Fsp3) is 0.250. The van der Waals surface area contributed by atoms with E-state index in [0.717, 1.165) is 15.6 Å². The van der Waals surface area contributed by atoms with E-state index in [-0.39, 0.29) is 5.82 Å². The number of rotatable bonds is 3. The van der Waals surface area contributed by atoms with Gasteiger partial charge in [-0.2, -0.15) is 0 Å². The van der Waals surface area contributed by atoms with E-state index < -0.39 is 5.54 Å². The average molecular weight is 322 g/mol. The molecule has 0 bridgehead atoms. The van der Waals surface area contributed by atoms with Crippen LogP contribution in [0.5, 0.6) is 0 Å². The lowest BCUT2D eigenvalue weighted by molar-refractivity contribution is 0.475. The fourth-order valence-electron chi connectivity index (χ4n) is 2.16. The Morgan fingerprint density at radius 3 is 2.58 bits per heavy atom. The first kappa shape index (κ1) is 14.2. The monoisotopic (exact) mass is 321 g/mol. The molecule has 0 amide bonds. The zero-order valence-corrected chi connectivity index (χ0v) is 12.7. The molecule has 1 atom stereocenters. The van der Waals surface area contributed by atoms with Crippen LogP contribution >= 0.6 is 15.9 Å². The van der Waals surface area contributed by atoms with Crippen molar-refractivity contribution in [2.75, 3.05) is 0 Å². The van der Waals surface area contributed by atoms with E-state index in [0.29, 0.717) is 12.0 Å². The van der Waals surface area contributed by atoms with E-state index in [2.05, 4.69) is 22.0 Å². The first-order valence-corrected chi connectivity index (χ1v) is 6.98. The Hall–Kier alpha value is -1.19. The molecule has 0 saturated heterocycles. The minimum Gasteiger partial charge on any atom is -0.321 e. The van der Waals surface area contributed by atoms with Gasteiger partial charge in [-0.05, 0) is 43.5 Å². The van der Waals surface area contributed by atoms with Gasteiger partial charge in [0.15, 0.2) is 0 Å². The summed E-state index contributed by atoms with van der Waals surface area (Å²) in [4.78, 5) is 0. The topological polar surface area (TPSA) is 26.0 Å². The molecule has 1 nitrogen and oxygen atoms in total. The maximum Gasteiger partial charge on any atom is 0.127 e. The molecule has 1 unspecified atom stereocenters. The summed E-state index contributed by atoms with van der Waals surface area (Å²) < 4.78 is 14.6. The van der Waals surface area contributed by atoms with Gasteiger partial charge < -0.3 is 5.73 Å². The minimum atomic E-state index is -0.583. The largest absolute Gasteiger partial charge is 0.321 e. The van der Waals surface area contributed by atoms with Crippen LogP contribution in [0.3, 0.4) is 0 Å². The van der Waals surface area contributed by atoms with E-state index in [1.165, 1.54) is 6.07 Å². The van der Waals surface area contributed by atoms with Gasteiger partial charge in [-0.1, -0.05) is 51.8 Å². The smallest absolute Gasteiger partial charge is 0.127 e. The lowest BCUT2D eigenvalue weighted by Crippen LogP contribution is -2.35. The Morgan fingerprint density at radius 2 is 1.95 bits per heavy atom. The van der Waals surface area contributed by atoms with Crippen LogP contribution in [0, 0.1) is 12.7 Å². The highest BCUT2D eigenvalue weighted by Gasteiger charge is 2.23. The first-order chi connectivity index (χ1) is 8.88. The van der Waals surface area contributed by atoms with Gasteiger partial charge in [0, 0.05) is 10.0 Å². The molecule has 0 spiro atoms. The van der Waals surface area contributed by atoms with Crippen molar-refractivity contribution in [2.45, 2.75) is 25.8 Å². The standard InChI is InChI=1S/C16H17BrFN/c1-11-4-3-5-13(8-11)16(2,19)10-12-6-7-14(17)9-15(12)18/h3-9H,10,19H2,1-2H3. The maximum absolute atomic E-state index is 13.9. The number of aryl methyl sites for hydroxylation is 1. The summed E-state index contributed by atoms with van der Waals surface area (Å²) in [5, 5.41) is 0. The van der Waals surface area contributed by atoms with E-state index in [1.54, 1.807) is 6.07 Å². The number of halogens is 2. The lowest BCUT2D eigenvalue weighted by Gasteiger charge is -2.26. The average Bonchev–Trinajstić information content (AvgIpc) is 2.33. The van der Waals surface area contributed by atoms with Crippen LogP contribution in [0.15, 0.2) is 46.9 Å². The highest BCUT2D eigenvalue weighted by Crippen LogP contribution is 2.26. The summed E-state index contributed by atoms with van der Waals surface area (Å²) in [6.07, 6.45) is 0.468. The summed E-state index contributed by atoms with van der Waals surface area (Å²) in [5.74, 6) is -0.223. The van der Waals surface area contributed by atoms with Gasteiger partial charge >= 0.3 is 0 Å². The van der Waals surface area contributed by atoms with Crippen LogP contribution in [-0.4, -0.2) is 0 Å². The molecule has 2 N–H and O–H groups in total. The Balaban J connectivity index is 2.30. The van der Waals surface area contributed by atoms with Crippen LogP contribution in [-0.2, 0) is 12.0 Å². The van der Waals surface area contributed by atoms with Crippen molar-refractivity contribution < 1.29 is 4.39 Å². The summed E-state index contributed by atoms with van der Waals surface area (Å²) in [6, 6.07) is 13.1. The number of hydrogen-bond acceptors (Lipinski definition) is 1. The molecule has 100 valence electrons. The van der Waals surface area contributed by atoms with Crippen molar-refractivity contribution in [1.82, 2.24) is 0 Å². The Morgan fingerprint density at radius 1 is 1.21 bits per heavy atom. The minimum absolute atomic E-state index is 0.223. The van der Waals surface area contributed by atoms with Crippen molar-refractivity contribution in [3.63, 3.8) is 0 Å². The van der Waals surface area contributed by atoms with Crippen molar-refractivity contribution in [3.05, 3.63) is 69.4 Å². The van der Waals surface area contributed by atoms with Gasteiger partial charge in [0.25, 0.3) is 0 Å². The molecule has 2 aromatic rings. The zero-order valence-electron chi connectivity index (χ0n) is 11.1. The highest BCUT2D eigenvalue weighted by molar-refractivity contribution is 9.10. The predicted octanol–water partition coefficient (Wildman–Crippen LogP) is 4.31. The second-order valence-corrected chi connectivity index (χ2v) is 6.12. The molecule has 0 heterocycles.